The number of hydrogen-bond donors (Lipinski definition) is 2. The SMILES string of the molecule is Cc1ccc(N)c(Nc2c(F)ccc(C)c2F)n1. The molecule has 2 aromatic rings. The Labute approximate surface area is 104 Å². The minimum Gasteiger partial charge on any atom is -0.396 e. The molecule has 0 aliphatic heterocycles. The summed E-state index contributed by atoms with van der Waals surface area (Å²) in [4.78, 5) is 4.11. The van der Waals surface area contributed by atoms with E-state index in [1.807, 2.05) is 0 Å². The molecule has 0 saturated heterocycles. The Morgan fingerprint density at radius 3 is 2.56 bits per heavy atom. The van der Waals surface area contributed by atoms with Gasteiger partial charge in [0.15, 0.2) is 11.6 Å². The first kappa shape index (κ1) is 12.3. The van der Waals surface area contributed by atoms with Crippen molar-refractivity contribution in [3.05, 3.63) is 47.2 Å². The second-order valence-corrected chi connectivity index (χ2v) is 4.07. The fraction of sp³-hybridized carbons (Fsp3) is 0.154. The van der Waals surface area contributed by atoms with Crippen LogP contribution in [0.15, 0.2) is 24.3 Å². The summed E-state index contributed by atoms with van der Waals surface area (Å²) in [7, 11) is 0. The van der Waals surface area contributed by atoms with E-state index in [9.17, 15) is 8.78 Å². The van der Waals surface area contributed by atoms with Gasteiger partial charge < -0.3 is 11.1 Å². The molecule has 1 aromatic heterocycles. The number of halogens is 2. The number of aromatic nitrogens is 1. The summed E-state index contributed by atoms with van der Waals surface area (Å²) in [5.74, 6) is -1.07. The second kappa shape index (κ2) is 4.60. The van der Waals surface area contributed by atoms with Gasteiger partial charge in [-0.1, -0.05) is 6.07 Å². The maximum Gasteiger partial charge on any atom is 0.154 e. The molecule has 0 bridgehead atoms. The number of nitrogens with one attached hydrogen (secondary N) is 1. The molecule has 0 aliphatic rings. The van der Waals surface area contributed by atoms with E-state index >= 15 is 0 Å². The smallest absolute Gasteiger partial charge is 0.154 e. The van der Waals surface area contributed by atoms with Gasteiger partial charge in [0.1, 0.15) is 11.5 Å². The number of anilines is 3. The summed E-state index contributed by atoms with van der Waals surface area (Å²) in [5.41, 5.74) is 6.86. The van der Waals surface area contributed by atoms with Crippen LogP contribution in [-0.2, 0) is 0 Å². The van der Waals surface area contributed by atoms with Crippen LogP contribution in [0.3, 0.4) is 0 Å². The Morgan fingerprint density at radius 2 is 1.83 bits per heavy atom. The van der Waals surface area contributed by atoms with E-state index in [-0.39, 0.29) is 11.5 Å². The molecule has 0 atom stereocenters. The molecule has 3 N–H and O–H groups in total. The molecule has 18 heavy (non-hydrogen) atoms. The van der Waals surface area contributed by atoms with Gasteiger partial charge in [-0.15, -0.1) is 0 Å². The van der Waals surface area contributed by atoms with Crippen molar-refractivity contribution in [3.8, 4) is 0 Å². The van der Waals surface area contributed by atoms with Crippen LogP contribution in [0.2, 0.25) is 0 Å². The highest BCUT2D eigenvalue weighted by Crippen LogP contribution is 2.27. The average Bonchev–Trinajstić information content (AvgIpc) is 2.34. The van der Waals surface area contributed by atoms with Gasteiger partial charge in [0.2, 0.25) is 0 Å². The van der Waals surface area contributed by atoms with Crippen LogP contribution in [0.5, 0.6) is 0 Å². The first-order valence-electron chi connectivity index (χ1n) is 5.44. The zero-order valence-electron chi connectivity index (χ0n) is 10.1. The Kier molecular flexibility index (Phi) is 3.14. The highest BCUT2D eigenvalue weighted by Gasteiger charge is 2.13. The fourth-order valence-electron chi connectivity index (χ4n) is 1.56. The molecule has 5 heteroatoms. The third-order valence-electron chi connectivity index (χ3n) is 2.59. The van der Waals surface area contributed by atoms with Crippen LogP contribution in [-0.4, -0.2) is 4.98 Å². The van der Waals surface area contributed by atoms with Crippen molar-refractivity contribution in [1.29, 1.82) is 0 Å². The molecule has 0 aliphatic carbocycles. The van der Waals surface area contributed by atoms with E-state index < -0.39 is 11.6 Å². The summed E-state index contributed by atoms with van der Waals surface area (Å²) in [6, 6.07) is 5.94. The zero-order chi connectivity index (χ0) is 13.3. The van der Waals surface area contributed by atoms with E-state index in [0.29, 0.717) is 16.9 Å². The first-order valence-corrected chi connectivity index (χ1v) is 5.44. The number of rotatable bonds is 2. The van der Waals surface area contributed by atoms with Crippen LogP contribution in [0.1, 0.15) is 11.3 Å². The molecule has 0 fully saturated rings. The van der Waals surface area contributed by atoms with Crippen LogP contribution < -0.4 is 11.1 Å². The monoisotopic (exact) mass is 249 g/mol. The van der Waals surface area contributed by atoms with E-state index in [4.69, 9.17) is 5.73 Å². The van der Waals surface area contributed by atoms with Crippen molar-refractivity contribution >= 4 is 17.2 Å². The number of pyridine rings is 1. The lowest BCUT2D eigenvalue weighted by molar-refractivity contribution is 0.585. The number of aryl methyl sites for hydroxylation is 2. The van der Waals surface area contributed by atoms with Crippen LogP contribution in [0.4, 0.5) is 26.0 Å². The molecule has 0 amide bonds. The van der Waals surface area contributed by atoms with Gasteiger partial charge in [-0.2, -0.15) is 0 Å². The molecule has 1 heterocycles. The number of nitrogens with two attached hydrogens (primary N) is 1. The number of benzene rings is 1. The van der Waals surface area contributed by atoms with E-state index in [1.165, 1.54) is 12.1 Å². The van der Waals surface area contributed by atoms with Crippen LogP contribution >= 0.6 is 0 Å². The molecule has 0 unspecified atom stereocenters. The number of nitrogen functional groups attached to an aromatic ring is 1. The van der Waals surface area contributed by atoms with Gasteiger partial charge in [-0.05, 0) is 37.6 Å². The van der Waals surface area contributed by atoms with Crippen molar-refractivity contribution in [2.24, 2.45) is 0 Å². The van der Waals surface area contributed by atoms with Crippen molar-refractivity contribution in [2.45, 2.75) is 13.8 Å². The molecule has 3 nitrogen and oxygen atoms in total. The summed E-state index contributed by atoms with van der Waals surface area (Å²) >= 11 is 0. The van der Waals surface area contributed by atoms with Gasteiger partial charge in [0, 0.05) is 5.69 Å². The van der Waals surface area contributed by atoms with Crippen molar-refractivity contribution < 1.29 is 8.78 Å². The molecule has 1 aromatic carbocycles. The average molecular weight is 249 g/mol. The predicted molar refractivity (Wildman–Crippen MR) is 67.8 cm³/mol. The Balaban J connectivity index is 2.46. The summed E-state index contributed by atoms with van der Waals surface area (Å²) < 4.78 is 27.4. The normalized spacial score (nSPS) is 10.4. The third kappa shape index (κ3) is 2.25. The predicted octanol–water partition coefficient (Wildman–Crippen LogP) is 3.30. The lowest BCUT2D eigenvalue weighted by Gasteiger charge is -2.11. The van der Waals surface area contributed by atoms with Gasteiger partial charge >= 0.3 is 0 Å². The maximum absolute atomic E-state index is 13.8. The molecule has 0 saturated carbocycles. The van der Waals surface area contributed by atoms with E-state index in [2.05, 4.69) is 10.3 Å². The minimum absolute atomic E-state index is 0.236. The molecule has 0 radical (unpaired) electrons. The van der Waals surface area contributed by atoms with Crippen molar-refractivity contribution in [3.63, 3.8) is 0 Å². The molecular weight excluding hydrogens is 236 g/mol. The summed E-state index contributed by atoms with van der Waals surface area (Å²) in [6.45, 7) is 3.33. The standard InChI is InChI=1S/C13H13F2N3/c1-7-3-5-9(14)12(11(7)15)18-13-10(16)6-4-8(2)17-13/h3-6H,16H2,1-2H3,(H,17,18). The van der Waals surface area contributed by atoms with Crippen molar-refractivity contribution in [1.82, 2.24) is 4.98 Å². The second-order valence-electron chi connectivity index (χ2n) is 4.07. The highest BCUT2D eigenvalue weighted by molar-refractivity contribution is 5.69. The largest absolute Gasteiger partial charge is 0.396 e. The van der Waals surface area contributed by atoms with Crippen molar-refractivity contribution in [2.75, 3.05) is 11.1 Å². The molecule has 94 valence electrons. The molecule has 2 rings (SSSR count). The molecule has 0 spiro atoms. The maximum atomic E-state index is 13.8. The van der Waals surface area contributed by atoms with Crippen LogP contribution in [0.25, 0.3) is 0 Å². The summed E-state index contributed by atoms with van der Waals surface area (Å²) in [5, 5.41) is 2.60. The fourth-order valence-corrected chi connectivity index (χ4v) is 1.56. The Hall–Kier alpha value is -2.17. The van der Waals surface area contributed by atoms with Gasteiger partial charge in [0.05, 0.1) is 5.69 Å². The topological polar surface area (TPSA) is 50.9 Å². The van der Waals surface area contributed by atoms with E-state index in [0.717, 1.165) is 0 Å². The van der Waals surface area contributed by atoms with E-state index in [1.54, 1.807) is 26.0 Å². The quantitative estimate of drug-likeness (QED) is 0.858. The Morgan fingerprint density at radius 1 is 1.11 bits per heavy atom. The molecular formula is C13H13F2N3. The lowest BCUT2D eigenvalue weighted by Crippen LogP contribution is -2.04. The number of hydrogen-bond acceptors (Lipinski definition) is 3. The van der Waals surface area contributed by atoms with Crippen LogP contribution in [0, 0.1) is 25.5 Å². The Bertz CT molecular complexity index is 597. The number of nitrogens with zero attached hydrogens (tertiary/aromatic N) is 1. The van der Waals surface area contributed by atoms with Gasteiger partial charge in [-0.3, -0.25) is 0 Å². The van der Waals surface area contributed by atoms with Gasteiger partial charge in [0.25, 0.3) is 0 Å². The zero-order valence-corrected chi connectivity index (χ0v) is 10.1. The first-order chi connectivity index (χ1) is 8.49. The highest BCUT2D eigenvalue weighted by atomic mass is 19.1. The lowest BCUT2D eigenvalue weighted by atomic mass is 10.2. The van der Waals surface area contributed by atoms with Gasteiger partial charge in [-0.25, -0.2) is 13.8 Å². The minimum atomic E-state index is -0.680. The summed E-state index contributed by atoms with van der Waals surface area (Å²) in [6.07, 6.45) is 0. The third-order valence-corrected chi connectivity index (χ3v) is 2.59.